The minimum Gasteiger partial charge on any atom is -0.388 e. The van der Waals surface area contributed by atoms with Gasteiger partial charge in [-0.15, -0.1) is 0 Å². The predicted octanol–water partition coefficient (Wildman–Crippen LogP) is 8.18. The summed E-state index contributed by atoms with van der Waals surface area (Å²) in [5, 5.41) is 60.6. The van der Waals surface area contributed by atoms with Crippen molar-refractivity contribution < 1.29 is 63.5 Å². The van der Waals surface area contributed by atoms with Crippen LogP contribution in [0.2, 0.25) is 0 Å². The van der Waals surface area contributed by atoms with Crippen molar-refractivity contribution in [2.75, 3.05) is 33.5 Å². The molecule has 0 bridgehead atoms. The number of rotatable bonds is 20. The molecule has 4 aliphatic heterocycles. The van der Waals surface area contributed by atoms with Gasteiger partial charge in [0.2, 0.25) is 5.91 Å². The van der Waals surface area contributed by atoms with Crippen LogP contribution < -0.4 is 0 Å². The van der Waals surface area contributed by atoms with Gasteiger partial charge >= 0.3 is 0 Å². The van der Waals surface area contributed by atoms with Crippen molar-refractivity contribution in [3.8, 4) is 0 Å². The molecule has 21 atom stereocenters. The molecule has 6 rings (SSSR count). The molecule has 4 saturated heterocycles. The Morgan fingerprint density at radius 2 is 1.48 bits per heavy atom. The first-order valence-corrected chi connectivity index (χ1v) is 30.8. The summed E-state index contributed by atoms with van der Waals surface area (Å²) in [6.07, 6.45) is -4.98. The SMILES string of the molecule is CC[C@H]1OC2OC2[C@H](C)[C@@H](O[C@H]2C[C@@](C)(OC)[C@@H](O)[C@H](C)O2)[C@H](C)[C@@H](O[C@@H]2O[C@H](C)C[C@H](N(C)C(=O)CCCCC(CCSCc3ccccc3)SCc3ccccc3)[C@H]2O)[C@](C)(O)C[C@@H](C)CN(C)[C@H](C)[C@@H](O)[C@]1(C)O. The van der Waals surface area contributed by atoms with Crippen LogP contribution in [-0.4, -0.2) is 183 Å². The molecule has 0 spiro atoms. The van der Waals surface area contributed by atoms with Gasteiger partial charge in [0.1, 0.15) is 30.0 Å². The van der Waals surface area contributed by atoms with E-state index >= 15 is 0 Å². The van der Waals surface area contributed by atoms with Gasteiger partial charge in [-0.2, -0.15) is 23.5 Å². The quantitative estimate of drug-likeness (QED) is 0.0629. The van der Waals surface area contributed by atoms with Crippen LogP contribution >= 0.6 is 23.5 Å². The summed E-state index contributed by atoms with van der Waals surface area (Å²) in [7, 11) is 5.20. The van der Waals surface area contributed by atoms with E-state index < -0.39 is 115 Å². The third-order valence-electron chi connectivity index (χ3n) is 17.3. The maximum atomic E-state index is 14.1. The number of thioether (sulfide) groups is 2. The smallest absolute Gasteiger partial charge is 0.222 e. The molecule has 5 N–H and O–H groups in total. The summed E-state index contributed by atoms with van der Waals surface area (Å²) in [5.74, 6) is 1.73. The van der Waals surface area contributed by atoms with E-state index in [4.69, 9.17) is 33.2 Å². The van der Waals surface area contributed by atoms with Gasteiger partial charge in [0.05, 0.1) is 47.8 Å². The fourth-order valence-corrected chi connectivity index (χ4v) is 14.7. The molecule has 0 aliphatic carbocycles. The lowest BCUT2D eigenvalue weighted by Crippen LogP contribution is -2.61. The van der Waals surface area contributed by atoms with Crippen LogP contribution in [0.5, 0.6) is 0 Å². The second kappa shape index (κ2) is 28.9. The summed E-state index contributed by atoms with van der Waals surface area (Å²) in [6.45, 7) is 19.0. The third kappa shape index (κ3) is 17.1. The van der Waals surface area contributed by atoms with Gasteiger partial charge in [0.25, 0.3) is 0 Å². The molecule has 2 aromatic carbocycles. The molecule has 438 valence electrons. The van der Waals surface area contributed by atoms with Crippen molar-refractivity contribution in [3.63, 3.8) is 0 Å². The number of epoxide rings is 1. The highest BCUT2D eigenvalue weighted by Gasteiger charge is 2.57. The van der Waals surface area contributed by atoms with Crippen molar-refractivity contribution >= 4 is 29.4 Å². The Hall–Kier alpha value is -1.91. The largest absolute Gasteiger partial charge is 0.388 e. The van der Waals surface area contributed by atoms with E-state index in [-0.39, 0.29) is 24.7 Å². The number of amides is 1. The number of hydrogen-bond acceptors (Lipinski definition) is 16. The first kappa shape index (κ1) is 64.3. The van der Waals surface area contributed by atoms with Crippen LogP contribution in [0, 0.1) is 17.8 Å². The third-order valence-corrected chi connectivity index (χ3v) is 19.8. The molecule has 0 aromatic heterocycles. The monoisotopic (exact) mass is 1120 g/mol. The second-order valence-electron chi connectivity index (χ2n) is 23.9. The number of carbonyl (C=O) groups excluding carboxylic acids is 1. The Morgan fingerprint density at radius 1 is 0.831 bits per heavy atom. The van der Waals surface area contributed by atoms with Crippen molar-refractivity contribution in [3.05, 3.63) is 71.8 Å². The number of unbranched alkanes of at least 4 members (excludes halogenated alkanes) is 1. The van der Waals surface area contributed by atoms with E-state index in [2.05, 4.69) is 54.6 Å². The Balaban J connectivity index is 1.20. The molecule has 3 unspecified atom stereocenters. The zero-order chi connectivity index (χ0) is 56.4. The number of aliphatic hydroxyl groups excluding tert-OH is 3. The minimum atomic E-state index is -1.63. The highest BCUT2D eigenvalue weighted by molar-refractivity contribution is 7.99. The van der Waals surface area contributed by atoms with Gasteiger partial charge in [-0.05, 0) is 110 Å². The van der Waals surface area contributed by atoms with E-state index in [1.54, 1.807) is 39.8 Å². The van der Waals surface area contributed by atoms with E-state index in [0.29, 0.717) is 31.1 Å². The molecule has 17 heteroatoms. The number of benzene rings is 2. The van der Waals surface area contributed by atoms with Gasteiger partial charge in [-0.25, -0.2) is 0 Å². The molecule has 2 aromatic rings. The number of aliphatic hydroxyl groups is 5. The molecule has 0 saturated carbocycles. The second-order valence-corrected chi connectivity index (χ2v) is 26.3. The van der Waals surface area contributed by atoms with Crippen molar-refractivity contribution in [2.45, 2.75) is 246 Å². The van der Waals surface area contributed by atoms with Crippen LogP contribution in [0.15, 0.2) is 60.7 Å². The van der Waals surface area contributed by atoms with Gasteiger partial charge in [0.15, 0.2) is 18.9 Å². The lowest BCUT2D eigenvalue weighted by Gasteiger charge is -2.49. The number of nitrogens with zero attached hydrogens (tertiary/aromatic N) is 2. The molecular weight excluding hydrogens is 1020 g/mol. The standard InChI is InChI=1S/C60H98N2O13S2/c1-14-47-60(10,68)53(65)41(6)61(11)34-37(2)32-58(8,67)55(40(5)51(39(4)52-57(72-47)74-52)73-49-33-59(9,69-13)54(66)42(7)71-49)75-56-50(64)46(31-38(3)70-56)62(12)48(63)28-22-21-27-45(77-36-44-25-19-16-20-26-44)29-30-76-35-43-23-17-15-18-24-43/h15-20,23-26,37-42,45-47,49-57,64-68H,14,21-22,27-36H2,1-13H3/t37-,38-,39-,40+,41-,42+,45?,46+,47-,49+,50-,51-,52?,53-,54+,55-,56+,57?,58-,59-,60-/m1/s1. The van der Waals surface area contributed by atoms with Gasteiger partial charge in [-0.1, -0.05) is 94.8 Å². The average Bonchev–Trinajstić information content (AvgIpc) is 4.20. The van der Waals surface area contributed by atoms with E-state index in [1.807, 2.05) is 90.0 Å². The fraction of sp³-hybridized carbons (Fsp3) is 0.783. The number of carbonyl (C=O) groups is 1. The number of methoxy groups -OCH3 is 1. The van der Waals surface area contributed by atoms with Crippen LogP contribution in [0.4, 0.5) is 0 Å². The average molecular weight is 1120 g/mol. The maximum absolute atomic E-state index is 14.1. The molecule has 4 aliphatic rings. The summed E-state index contributed by atoms with van der Waals surface area (Å²) >= 11 is 3.97. The van der Waals surface area contributed by atoms with Gasteiger partial charge in [-0.3, -0.25) is 4.79 Å². The van der Waals surface area contributed by atoms with E-state index in [1.165, 1.54) is 11.1 Å². The fourth-order valence-electron chi connectivity index (χ4n) is 12.3. The number of likely N-dealkylation sites (N-methyl/N-ethyl adjacent to an activating group) is 2. The Labute approximate surface area is 470 Å². The number of hydrogen-bond donors (Lipinski definition) is 5. The summed E-state index contributed by atoms with van der Waals surface area (Å²) in [4.78, 5) is 17.8. The molecule has 0 radical (unpaired) electrons. The van der Waals surface area contributed by atoms with Crippen molar-refractivity contribution in [1.82, 2.24) is 9.80 Å². The van der Waals surface area contributed by atoms with Crippen molar-refractivity contribution in [1.29, 1.82) is 0 Å². The van der Waals surface area contributed by atoms with Gasteiger partial charge < -0.3 is 68.5 Å². The molecule has 77 heavy (non-hydrogen) atoms. The van der Waals surface area contributed by atoms with Gasteiger partial charge in [0, 0.05) is 68.2 Å². The molecule has 15 nitrogen and oxygen atoms in total. The first-order chi connectivity index (χ1) is 36.4. The molecular formula is C60H98N2O13S2. The van der Waals surface area contributed by atoms with E-state index in [0.717, 1.165) is 42.9 Å². The summed E-state index contributed by atoms with van der Waals surface area (Å²) in [6, 6.07) is 20.1. The zero-order valence-electron chi connectivity index (χ0n) is 48.6. The topological polar surface area (TPSA) is 193 Å². The van der Waals surface area contributed by atoms with E-state index in [9.17, 15) is 30.3 Å². The lowest BCUT2D eigenvalue weighted by atomic mass is 9.77. The maximum Gasteiger partial charge on any atom is 0.222 e. The Morgan fingerprint density at radius 3 is 2.12 bits per heavy atom. The summed E-state index contributed by atoms with van der Waals surface area (Å²) < 4.78 is 45.5. The van der Waals surface area contributed by atoms with Crippen LogP contribution in [-0.2, 0) is 49.5 Å². The Bertz CT molecular complexity index is 2060. The van der Waals surface area contributed by atoms with Crippen LogP contribution in [0.1, 0.15) is 138 Å². The molecule has 4 heterocycles. The van der Waals surface area contributed by atoms with Crippen molar-refractivity contribution in [2.24, 2.45) is 17.8 Å². The van der Waals surface area contributed by atoms with Crippen LogP contribution in [0.25, 0.3) is 0 Å². The lowest BCUT2D eigenvalue weighted by molar-refractivity contribution is -0.318. The minimum absolute atomic E-state index is 0.0543. The summed E-state index contributed by atoms with van der Waals surface area (Å²) in [5.41, 5.74) is -1.54. The number of fused-ring (bicyclic) bond motifs is 1. The van der Waals surface area contributed by atoms with Crippen LogP contribution in [0.3, 0.4) is 0 Å². The first-order valence-electron chi connectivity index (χ1n) is 28.6. The molecule has 4 fully saturated rings. The Kier molecular flexibility index (Phi) is 24.1. The number of ether oxygens (including phenoxy) is 7. The zero-order valence-corrected chi connectivity index (χ0v) is 50.2. The normalized spacial score (nSPS) is 40.1. The highest BCUT2D eigenvalue weighted by Crippen LogP contribution is 2.44. The molecule has 1 amide bonds. The highest BCUT2D eigenvalue weighted by atomic mass is 32.2. The predicted molar refractivity (Wildman–Crippen MR) is 304 cm³/mol.